The molecule has 2 aromatic rings. The maximum atomic E-state index is 12.0. The highest BCUT2D eigenvalue weighted by molar-refractivity contribution is 5.79. The molecule has 0 aromatic heterocycles. The maximum absolute atomic E-state index is 12.0. The summed E-state index contributed by atoms with van der Waals surface area (Å²) < 4.78 is 21.2. The number of allylic oxidation sites excluding steroid dienone is 12. The van der Waals surface area contributed by atoms with Gasteiger partial charge in [0.15, 0.2) is 0 Å². The van der Waals surface area contributed by atoms with Crippen LogP contribution < -0.4 is 9.47 Å². The Kier molecular flexibility index (Phi) is 8.82. The minimum absolute atomic E-state index is 0.214. The van der Waals surface area contributed by atoms with Crippen molar-refractivity contribution < 1.29 is 28.5 Å². The van der Waals surface area contributed by atoms with E-state index in [0.29, 0.717) is 11.5 Å². The van der Waals surface area contributed by atoms with E-state index in [1.807, 2.05) is 24.3 Å². The lowest BCUT2D eigenvalue weighted by Gasteiger charge is -2.26. The SMILES string of the molecule is CC(C)(C)OC(=O)Oc1ccc(C2=CC(C(C3=CCC=C3)C3C=CC(c4ccc(OC(=O)OC(C)(C)C)cc4)=C3)C=C2)cc1. The summed E-state index contributed by atoms with van der Waals surface area (Å²) in [5.41, 5.74) is 4.50. The first-order valence-electron chi connectivity index (χ1n) is 15.0. The summed E-state index contributed by atoms with van der Waals surface area (Å²) in [5.74, 6) is 1.57. The molecule has 0 heterocycles. The molecule has 2 atom stereocenters. The lowest BCUT2D eigenvalue weighted by Crippen LogP contribution is -2.25. The van der Waals surface area contributed by atoms with Crippen molar-refractivity contribution in [2.75, 3.05) is 0 Å². The summed E-state index contributed by atoms with van der Waals surface area (Å²) in [6.07, 6.45) is 19.8. The second kappa shape index (κ2) is 12.6. The molecule has 0 saturated carbocycles. The van der Waals surface area contributed by atoms with Crippen molar-refractivity contribution in [3.05, 3.63) is 120 Å². The Morgan fingerprint density at radius 3 is 1.45 bits per heavy atom. The van der Waals surface area contributed by atoms with Crippen molar-refractivity contribution >= 4 is 23.5 Å². The third-order valence-corrected chi connectivity index (χ3v) is 7.31. The van der Waals surface area contributed by atoms with Gasteiger partial charge in [0.2, 0.25) is 0 Å². The minimum Gasteiger partial charge on any atom is -0.428 e. The smallest absolute Gasteiger partial charge is 0.428 e. The van der Waals surface area contributed by atoms with E-state index in [1.165, 1.54) is 5.57 Å². The highest BCUT2D eigenvalue weighted by Crippen LogP contribution is 2.43. The van der Waals surface area contributed by atoms with Crippen LogP contribution in [0.2, 0.25) is 0 Å². The van der Waals surface area contributed by atoms with Crippen LogP contribution in [0.1, 0.15) is 59.1 Å². The lowest BCUT2D eigenvalue weighted by molar-refractivity contribution is 0.0193. The summed E-state index contributed by atoms with van der Waals surface area (Å²) >= 11 is 0. The van der Waals surface area contributed by atoms with Gasteiger partial charge < -0.3 is 18.9 Å². The molecule has 3 aliphatic rings. The van der Waals surface area contributed by atoms with Gasteiger partial charge >= 0.3 is 12.3 Å². The maximum Gasteiger partial charge on any atom is 0.514 e. The second-order valence-corrected chi connectivity index (χ2v) is 13.2. The summed E-state index contributed by atoms with van der Waals surface area (Å²) in [5, 5.41) is 0. The fourth-order valence-corrected chi connectivity index (χ4v) is 5.49. The second-order valence-electron chi connectivity index (χ2n) is 13.2. The third kappa shape index (κ3) is 8.07. The van der Waals surface area contributed by atoms with E-state index in [-0.39, 0.29) is 17.8 Å². The fraction of sp³-hybridized carbons (Fsp3) is 0.316. The molecule has 0 amide bonds. The number of carbonyl (C=O) groups excluding carboxylic acids is 2. The molecule has 0 saturated heterocycles. The van der Waals surface area contributed by atoms with Crippen molar-refractivity contribution in [2.45, 2.75) is 59.2 Å². The highest BCUT2D eigenvalue weighted by Gasteiger charge is 2.31. The minimum atomic E-state index is -0.715. The molecule has 6 nitrogen and oxygen atoms in total. The van der Waals surface area contributed by atoms with Crippen LogP contribution in [0, 0.1) is 17.8 Å². The van der Waals surface area contributed by atoms with Crippen LogP contribution in [0.15, 0.2) is 109 Å². The Bertz CT molecular complexity index is 1460. The summed E-state index contributed by atoms with van der Waals surface area (Å²) in [4.78, 5) is 24.1. The van der Waals surface area contributed by atoms with E-state index in [0.717, 1.165) is 28.7 Å². The van der Waals surface area contributed by atoms with Gasteiger partial charge in [-0.15, -0.1) is 0 Å². The number of benzene rings is 2. The average molecular weight is 593 g/mol. The summed E-state index contributed by atoms with van der Waals surface area (Å²) in [7, 11) is 0. The van der Waals surface area contributed by atoms with E-state index in [9.17, 15) is 9.59 Å². The van der Waals surface area contributed by atoms with Gasteiger partial charge in [0.25, 0.3) is 0 Å². The zero-order valence-corrected chi connectivity index (χ0v) is 26.2. The molecule has 0 radical (unpaired) electrons. The Morgan fingerprint density at radius 2 is 1.09 bits per heavy atom. The quantitative estimate of drug-likeness (QED) is 0.235. The number of rotatable bonds is 7. The molecule has 0 aliphatic heterocycles. The molecule has 44 heavy (non-hydrogen) atoms. The van der Waals surface area contributed by atoms with Crippen molar-refractivity contribution in [2.24, 2.45) is 17.8 Å². The molecule has 0 fully saturated rings. The molecule has 0 spiro atoms. The van der Waals surface area contributed by atoms with Gasteiger partial charge in [-0.25, -0.2) is 9.59 Å². The first kappa shape index (κ1) is 30.9. The van der Waals surface area contributed by atoms with Crippen molar-refractivity contribution in [3.63, 3.8) is 0 Å². The van der Waals surface area contributed by atoms with Crippen LogP contribution in [0.4, 0.5) is 9.59 Å². The summed E-state index contributed by atoms with van der Waals surface area (Å²) in [6, 6.07) is 15.0. The zero-order chi connectivity index (χ0) is 31.5. The number of hydrogen-bond donors (Lipinski definition) is 0. The molecular weight excluding hydrogens is 552 g/mol. The number of carbonyl (C=O) groups is 2. The van der Waals surface area contributed by atoms with Gasteiger partial charge in [-0.3, -0.25) is 0 Å². The van der Waals surface area contributed by atoms with E-state index >= 15 is 0 Å². The van der Waals surface area contributed by atoms with Crippen molar-refractivity contribution in [1.82, 2.24) is 0 Å². The van der Waals surface area contributed by atoms with Gasteiger partial charge in [-0.05, 0) is 100 Å². The number of hydrogen-bond acceptors (Lipinski definition) is 6. The van der Waals surface area contributed by atoms with E-state index in [4.69, 9.17) is 18.9 Å². The molecule has 0 N–H and O–H groups in total. The Morgan fingerprint density at radius 1 is 0.659 bits per heavy atom. The van der Waals surface area contributed by atoms with Gasteiger partial charge in [-0.1, -0.05) is 78.9 Å². The Hall–Kier alpha value is -4.58. The first-order chi connectivity index (χ1) is 20.8. The largest absolute Gasteiger partial charge is 0.514 e. The topological polar surface area (TPSA) is 71.1 Å². The molecule has 2 aromatic carbocycles. The van der Waals surface area contributed by atoms with Crippen LogP contribution >= 0.6 is 0 Å². The van der Waals surface area contributed by atoms with Gasteiger partial charge in [0, 0.05) is 17.8 Å². The van der Waals surface area contributed by atoms with Crippen molar-refractivity contribution in [3.8, 4) is 11.5 Å². The predicted octanol–water partition coefficient (Wildman–Crippen LogP) is 9.66. The Labute approximate surface area is 260 Å². The van der Waals surface area contributed by atoms with Crippen LogP contribution in [-0.4, -0.2) is 23.5 Å². The normalized spacial score (nSPS) is 19.7. The van der Waals surface area contributed by atoms with Crippen LogP contribution in [0.3, 0.4) is 0 Å². The van der Waals surface area contributed by atoms with Gasteiger partial charge in [0.1, 0.15) is 22.7 Å². The fourth-order valence-electron chi connectivity index (χ4n) is 5.49. The predicted molar refractivity (Wildman–Crippen MR) is 173 cm³/mol. The molecule has 2 unspecified atom stereocenters. The Balaban J connectivity index is 1.28. The third-order valence-electron chi connectivity index (χ3n) is 7.31. The van der Waals surface area contributed by atoms with E-state index in [2.05, 4.69) is 54.7 Å². The molecule has 0 bridgehead atoms. The van der Waals surface area contributed by atoms with Crippen LogP contribution in [-0.2, 0) is 9.47 Å². The van der Waals surface area contributed by atoms with Gasteiger partial charge in [-0.2, -0.15) is 0 Å². The first-order valence-corrected chi connectivity index (χ1v) is 15.0. The van der Waals surface area contributed by atoms with Crippen LogP contribution in [0.25, 0.3) is 11.1 Å². The lowest BCUT2D eigenvalue weighted by atomic mass is 9.77. The monoisotopic (exact) mass is 592 g/mol. The molecular formula is C38H40O6. The molecule has 6 heteroatoms. The zero-order valence-electron chi connectivity index (χ0n) is 26.2. The van der Waals surface area contributed by atoms with E-state index in [1.54, 1.807) is 65.8 Å². The average Bonchev–Trinajstić information content (AvgIpc) is 3.71. The number of ether oxygens (including phenoxy) is 4. The van der Waals surface area contributed by atoms with Crippen molar-refractivity contribution in [1.29, 1.82) is 0 Å². The van der Waals surface area contributed by atoms with E-state index < -0.39 is 23.5 Å². The molecule has 3 aliphatic carbocycles. The molecule has 5 rings (SSSR count). The van der Waals surface area contributed by atoms with Gasteiger partial charge in [0.05, 0.1) is 0 Å². The summed E-state index contributed by atoms with van der Waals surface area (Å²) in [6.45, 7) is 10.8. The standard InChI is InChI=1S/C38H40O6/c1-37(2,3)43-35(39)41-32-19-15-25(16-20-32)28-11-13-30(23-28)34(27-9-7-8-10-27)31-14-12-29(24-31)26-17-21-33(22-18-26)42-36(40)44-38(4,5)6/h7,9-24,30-31,34H,8H2,1-6H3. The van der Waals surface area contributed by atoms with Crippen LogP contribution in [0.5, 0.6) is 11.5 Å². The molecule has 228 valence electrons. The highest BCUT2D eigenvalue weighted by atomic mass is 16.7.